The molecular weight excluding hydrogens is 360 g/mol. The first-order chi connectivity index (χ1) is 14.8. The normalized spacial score (nSPS) is 21.7. The molecule has 0 nitrogen and oxygen atoms in total. The van der Waals surface area contributed by atoms with Crippen molar-refractivity contribution in [2.75, 3.05) is 0 Å². The third-order valence-electron chi connectivity index (χ3n) is 8.07. The Kier molecular flexibility index (Phi) is 19.5. The van der Waals surface area contributed by atoms with Crippen LogP contribution in [-0.2, 0) is 0 Å². The molecule has 3 saturated carbocycles. The molecule has 0 aliphatic heterocycles. The number of unbranched alkanes of at least 4 members (excludes halogenated alkanes) is 4. The highest BCUT2D eigenvalue weighted by Crippen LogP contribution is 2.37. The summed E-state index contributed by atoms with van der Waals surface area (Å²) < 4.78 is 0. The first-order valence-electron chi connectivity index (χ1n) is 14.8. The fraction of sp³-hybridized carbons (Fsp3) is 1.00. The van der Waals surface area contributed by atoms with Crippen molar-refractivity contribution < 1.29 is 0 Å². The van der Waals surface area contributed by atoms with Crippen LogP contribution in [0.25, 0.3) is 0 Å². The van der Waals surface area contributed by atoms with Crippen molar-refractivity contribution >= 4 is 0 Å². The maximum Gasteiger partial charge on any atom is -0.0386 e. The van der Waals surface area contributed by atoms with Crippen molar-refractivity contribution in [1.29, 1.82) is 0 Å². The van der Waals surface area contributed by atoms with E-state index in [0.717, 1.165) is 17.8 Å². The summed E-state index contributed by atoms with van der Waals surface area (Å²) in [6, 6.07) is 0. The molecule has 3 aliphatic rings. The quantitative estimate of drug-likeness (QED) is 0.325. The highest BCUT2D eigenvalue weighted by atomic mass is 14.3. The van der Waals surface area contributed by atoms with E-state index in [9.17, 15) is 0 Å². The average molecular weight is 421 g/mol. The lowest BCUT2D eigenvalue weighted by Crippen LogP contribution is -2.20. The second-order valence-corrected chi connectivity index (χ2v) is 11.0. The Morgan fingerprint density at radius 1 is 0.467 bits per heavy atom. The molecule has 3 aliphatic carbocycles. The summed E-state index contributed by atoms with van der Waals surface area (Å²) in [5.74, 6) is 3.25. The predicted octanol–water partition coefficient (Wildman–Crippen LogP) is 11.3. The van der Waals surface area contributed by atoms with Gasteiger partial charge in [0.05, 0.1) is 0 Å². The molecule has 1 atom stereocenters. The minimum atomic E-state index is 0.974. The van der Waals surface area contributed by atoms with Crippen LogP contribution in [0.3, 0.4) is 0 Å². The van der Waals surface area contributed by atoms with Crippen LogP contribution in [0.5, 0.6) is 0 Å². The Hall–Kier alpha value is 0. The van der Waals surface area contributed by atoms with Crippen LogP contribution in [0.15, 0.2) is 0 Å². The highest BCUT2D eigenvalue weighted by molar-refractivity contribution is 4.76. The average Bonchev–Trinajstić information content (AvgIpc) is 2.83. The molecule has 3 rings (SSSR count). The van der Waals surface area contributed by atoms with Gasteiger partial charge in [-0.1, -0.05) is 175 Å². The van der Waals surface area contributed by atoms with E-state index < -0.39 is 0 Å². The van der Waals surface area contributed by atoms with Crippen molar-refractivity contribution in [3.63, 3.8) is 0 Å². The van der Waals surface area contributed by atoms with Crippen LogP contribution in [0.2, 0.25) is 0 Å². The molecule has 0 amide bonds. The number of hydrogen-bond acceptors (Lipinski definition) is 0. The molecule has 0 aromatic carbocycles. The van der Waals surface area contributed by atoms with Crippen LogP contribution in [0, 0.1) is 17.8 Å². The van der Waals surface area contributed by atoms with Crippen LogP contribution in [0.1, 0.15) is 175 Å². The third kappa shape index (κ3) is 15.8. The summed E-state index contributed by atoms with van der Waals surface area (Å²) in [6.45, 7) is 6.96. The smallest absolute Gasteiger partial charge is 0.0386 e. The highest BCUT2D eigenvalue weighted by Gasteiger charge is 2.24. The van der Waals surface area contributed by atoms with E-state index in [0.29, 0.717) is 0 Å². The lowest BCUT2D eigenvalue weighted by molar-refractivity contribution is 0.196. The SMILES string of the molecule is C1CCC(C2CCCCC2)CC1.C1CCCCC1.CCCCCCC(C)CCCC. The van der Waals surface area contributed by atoms with Gasteiger partial charge in [0.1, 0.15) is 0 Å². The van der Waals surface area contributed by atoms with Gasteiger partial charge in [-0.3, -0.25) is 0 Å². The fourth-order valence-corrected chi connectivity index (χ4v) is 5.89. The molecule has 0 saturated heterocycles. The Labute approximate surface area is 192 Å². The monoisotopic (exact) mass is 420 g/mol. The molecular formula is C30H60. The van der Waals surface area contributed by atoms with Crippen molar-refractivity contribution in [1.82, 2.24) is 0 Å². The van der Waals surface area contributed by atoms with E-state index in [1.807, 2.05) is 0 Å². The molecule has 0 aromatic heterocycles. The molecule has 1 unspecified atom stereocenters. The molecule has 30 heavy (non-hydrogen) atoms. The zero-order valence-corrected chi connectivity index (χ0v) is 21.7. The van der Waals surface area contributed by atoms with E-state index in [1.54, 1.807) is 25.7 Å². The van der Waals surface area contributed by atoms with E-state index >= 15 is 0 Å². The molecule has 180 valence electrons. The maximum absolute atomic E-state index is 2.40. The third-order valence-corrected chi connectivity index (χ3v) is 8.07. The second kappa shape index (κ2) is 20.9. The van der Waals surface area contributed by atoms with Crippen LogP contribution < -0.4 is 0 Å². The zero-order valence-electron chi connectivity index (χ0n) is 21.7. The Balaban J connectivity index is 0.000000237. The Morgan fingerprint density at radius 3 is 1.23 bits per heavy atom. The molecule has 0 radical (unpaired) electrons. The summed E-state index contributed by atoms with van der Waals surface area (Å²) in [7, 11) is 0. The lowest BCUT2D eigenvalue weighted by Gasteiger charge is -2.32. The summed E-state index contributed by atoms with van der Waals surface area (Å²) in [5.41, 5.74) is 0. The van der Waals surface area contributed by atoms with E-state index in [2.05, 4.69) is 20.8 Å². The number of hydrogen-bond donors (Lipinski definition) is 0. The van der Waals surface area contributed by atoms with Crippen molar-refractivity contribution in [3.05, 3.63) is 0 Å². The van der Waals surface area contributed by atoms with Crippen LogP contribution in [0.4, 0.5) is 0 Å². The largest absolute Gasteiger partial charge is 0.0654 e. The summed E-state index contributed by atoms with van der Waals surface area (Å²) >= 11 is 0. The van der Waals surface area contributed by atoms with E-state index in [-0.39, 0.29) is 0 Å². The fourth-order valence-electron chi connectivity index (χ4n) is 5.89. The maximum atomic E-state index is 2.40. The van der Waals surface area contributed by atoms with Crippen LogP contribution >= 0.6 is 0 Å². The van der Waals surface area contributed by atoms with Gasteiger partial charge in [-0.15, -0.1) is 0 Å². The minimum absolute atomic E-state index is 0.974. The topological polar surface area (TPSA) is 0 Å². The van der Waals surface area contributed by atoms with Crippen molar-refractivity contribution in [2.45, 2.75) is 175 Å². The standard InChI is InChI=1S/C12H22.C12H26.C6H12/c1-3-7-11(8-4-1)12-9-5-2-6-10-12;1-4-6-8-9-11-12(3)10-7-5-2;1-2-4-6-5-3-1/h11-12H,1-10H2;12H,4-11H2,1-3H3;1-6H2. The molecule has 0 N–H and O–H groups in total. The first-order valence-corrected chi connectivity index (χ1v) is 14.8. The van der Waals surface area contributed by atoms with Crippen molar-refractivity contribution in [2.24, 2.45) is 17.8 Å². The van der Waals surface area contributed by atoms with Gasteiger partial charge in [-0.05, 0) is 17.8 Å². The van der Waals surface area contributed by atoms with Gasteiger partial charge in [0.2, 0.25) is 0 Å². The second-order valence-electron chi connectivity index (χ2n) is 11.0. The Morgan fingerprint density at radius 2 is 0.833 bits per heavy atom. The molecule has 0 spiro atoms. The van der Waals surface area contributed by atoms with Gasteiger partial charge in [-0.25, -0.2) is 0 Å². The Bertz CT molecular complexity index is 289. The minimum Gasteiger partial charge on any atom is -0.0654 e. The van der Waals surface area contributed by atoms with Gasteiger partial charge in [0.15, 0.2) is 0 Å². The van der Waals surface area contributed by atoms with Crippen molar-refractivity contribution in [3.8, 4) is 0 Å². The summed E-state index contributed by atoms with van der Waals surface area (Å²) in [4.78, 5) is 0. The summed E-state index contributed by atoms with van der Waals surface area (Å²) in [5, 5.41) is 0. The predicted molar refractivity (Wildman–Crippen MR) is 138 cm³/mol. The first kappa shape index (κ1) is 28.0. The molecule has 0 bridgehead atoms. The van der Waals surface area contributed by atoms with E-state index in [1.165, 1.54) is 128 Å². The molecule has 0 aromatic rings. The zero-order chi connectivity index (χ0) is 21.7. The van der Waals surface area contributed by atoms with Gasteiger partial charge in [0.25, 0.3) is 0 Å². The molecule has 3 fully saturated rings. The number of rotatable bonds is 9. The van der Waals surface area contributed by atoms with Gasteiger partial charge in [0, 0.05) is 0 Å². The van der Waals surface area contributed by atoms with Crippen LogP contribution in [-0.4, -0.2) is 0 Å². The molecule has 0 heteroatoms. The van der Waals surface area contributed by atoms with Gasteiger partial charge < -0.3 is 0 Å². The van der Waals surface area contributed by atoms with E-state index in [4.69, 9.17) is 0 Å². The summed E-state index contributed by atoms with van der Waals surface area (Å²) in [6.07, 6.45) is 35.8. The van der Waals surface area contributed by atoms with Gasteiger partial charge in [-0.2, -0.15) is 0 Å². The lowest BCUT2D eigenvalue weighted by atomic mass is 9.73. The molecule has 0 heterocycles. The van der Waals surface area contributed by atoms with Gasteiger partial charge >= 0.3 is 0 Å².